The van der Waals surface area contributed by atoms with Crippen LogP contribution in [-0.4, -0.2) is 11.8 Å². The molecule has 0 saturated carbocycles. The fourth-order valence-corrected chi connectivity index (χ4v) is 2.29. The van der Waals surface area contributed by atoms with Crippen molar-refractivity contribution in [1.29, 1.82) is 0 Å². The largest absolute Gasteiger partial charge is 0.399 e. The van der Waals surface area contributed by atoms with E-state index in [2.05, 4.69) is 10.6 Å². The van der Waals surface area contributed by atoms with Crippen molar-refractivity contribution in [2.24, 2.45) is 5.92 Å². The summed E-state index contributed by atoms with van der Waals surface area (Å²) in [7, 11) is 0. The topological polar surface area (TPSA) is 84.2 Å². The van der Waals surface area contributed by atoms with Gasteiger partial charge in [-0.25, -0.2) is 0 Å². The highest BCUT2D eigenvalue weighted by Crippen LogP contribution is 2.13. The number of nitrogens with one attached hydrogen (secondary N) is 2. The van der Waals surface area contributed by atoms with Gasteiger partial charge in [0, 0.05) is 30.3 Å². The zero-order valence-corrected chi connectivity index (χ0v) is 15.9. The second-order valence-electron chi connectivity index (χ2n) is 6.32. The number of nitrogens with two attached hydrogens (primary N) is 1. The monoisotopic (exact) mass is 375 g/mol. The van der Waals surface area contributed by atoms with E-state index in [-0.39, 0.29) is 30.1 Å². The van der Waals surface area contributed by atoms with Gasteiger partial charge in [0.25, 0.3) is 0 Å². The number of rotatable bonds is 7. The molecule has 6 heteroatoms. The molecule has 2 aromatic carbocycles. The van der Waals surface area contributed by atoms with Crippen LogP contribution in [0.5, 0.6) is 0 Å². The van der Waals surface area contributed by atoms with Crippen molar-refractivity contribution in [2.75, 3.05) is 11.1 Å². The number of carbonyl (C=O) groups excluding carboxylic acids is 2. The summed E-state index contributed by atoms with van der Waals surface area (Å²) in [5.74, 6) is -0.0840. The Morgan fingerprint density at radius 2 is 1.69 bits per heavy atom. The lowest BCUT2D eigenvalue weighted by Gasteiger charge is -2.09. The number of hydrogen-bond donors (Lipinski definition) is 3. The first-order chi connectivity index (χ1) is 12.0. The van der Waals surface area contributed by atoms with Gasteiger partial charge in [0.15, 0.2) is 0 Å². The molecule has 26 heavy (non-hydrogen) atoms. The average molecular weight is 376 g/mol. The summed E-state index contributed by atoms with van der Waals surface area (Å²) in [6.45, 7) is 4.16. The van der Waals surface area contributed by atoms with E-state index in [1.54, 1.807) is 0 Å². The van der Waals surface area contributed by atoms with Crippen molar-refractivity contribution >= 4 is 35.6 Å². The summed E-state index contributed by atoms with van der Waals surface area (Å²) in [5, 5.41) is 5.74. The van der Waals surface area contributed by atoms with Gasteiger partial charge in [-0.05, 0) is 35.7 Å². The summed E-state index contributed by atoms with van der Waals surface area (Å²) in [5.41, 5.74) is 9.32. The number of benzene rings is 2. The minimum atomic E-state index is -0.0578. The van der Waals surface area contributed by atoms with Crippen LogP contribution >= 0.6 is 12.4 Å². The lowest BCUT2D eigenvalue weighted by molar-refractivity contribution is -0.121. The molecule has 0 radical (unpaired) electrons. The van der Waals surface area contributed by atoms with Gasteiger partial charge in [-0.2, -0.15) is 0 Å². The molecule has 0 aliphatic heterocycles. The van der Waals surface area contributed by atoms with Crippen LogP contribution in [0.2, 0.25) is 0 Å². The zero-order chi connectivity index (χ0) is 18.2. The average Bonchev–Trinajstić information content (AvgIpc) is 2.60. The maximum Gasteiger partial charge on any atom is 0.226 e. The molecule has 0 aliphatic rings. The van der Waals surface area contributed by atoms with E-state index >= 15 is 0 Å². The summed E-state index contributed by atoms with van der Waals surface area (Å²) >= 11 is 0. The third-order valence-electron chi connectivity index (χ3n) is 3.91. The first-order valence-electron chi connectivity index (χ1n) is 8.45. The Morgan fingerprint density at radius 1 is 1.04 bits per heavy atom. The van der Waals surface area contributed by atoms with Crippen LogP contribution in [0.4, 0.5) is 11.4 Å². The van der Waals surface area contributed by atoms with Crippen LogP contribution < -0.4 is 16.4 Å². The highest BCUT2D eigenvalue weighted by atomic mass is 35.5. The number of carbonyl (C=O) groups is 2. The molecule has 0 unspecified atom stereocenters. The van der Waals surface area contributed by atoms with Gasteiger partial charge in [0.2, 0.25) is 11.8 Å². The maximum absolute atomic E-state index is 12.0. The van der Waals surface area contributed by atoms with Crippen molar-refractivity contribution in [2.45, 2.75) is 33.2 Å². The Balaban J connectivity index is 0.00000338. The second kappa shape index (κ2) is 10.5. The second-order valence-corrected chi connectivity index (χ2v) is 6.32. The van der Waals surface area contributed by atoms with Gasteiger partial charge < -0.3 is 16.4 Å². The van der Waals surface area contributed by atoms with E-state index in [1.165, 1.54) is 0 Å². The van der Waals surface area contributed by atoms with E-state index in [9.17, 15) is 9.59 Å². The van der Waals surface area contributed by atoms with Crippen molar-refractivity contribution in [1.82, 2.24) is 5.32 Å². The lowest BCUT2D eigenvalue weighted by atomic mass is 10.1. The summed E-state index contributed by atoms with van der Waals surface area (Å²) in [6, 6.07) is 15.0. The molecular weight excluding hydrogens is 350 g/mol. The van der Waals surface area contributed by atoms with E-state index in [0.29, 0.717) is 25.1 Å². The third-order valence-corrected chi connectivity index (χ3v) is 3.91. The molecule has 0 fully saturated rings. The van der Waals surface area contributed by atoms with Crippen LogP contribution in [0.15, 0.2) is 48.5 Å². The van der Waals surface area contributed by atoms with Crippen LogP contribution in [0, 0.1) is 5.92 Å². The number of para-hydroxylation sites is 1. The number of anilines is 2. The van der Waals surface area contributed by atoms with Crippen molar-refractivity contribution < 1.29 is 9.59 Å². The molecule has 2 amide bonds. The summed E-state index contributed by atoms with van der Waals surface area (Å²) < 4.78 is 0. The van der Waals surface area contributed by atoms with Crippen LogP contribution in [-0.2, 0) is 22.6 Å². The fraction of sp³-hybridized carbons (Fsp3) is 0.300. The molecule has 2 rings (SSSR count). The first kappa shape index (κ1) is 21.5. The van der Waals surface area contributed by atoms with E-state index in [0.717, 1.165) is 16.8 Å². The minimum Gasteiger partial charge on any atom is -0.399 e. The molecule has 0 aromatic heterocycles. The number of aryl methyl sites for hydroxylation is 1. The first-order valence-corrected chi connectivity index (χ1v) is 8.45. The van der Waals surface area contributed by atoms with Gasteiger partial charge in [0.05, 0.1) is 0 Å². The van der Waals surface area contributed by atoms with Gasteiger partial charge in [-0.3, -0.25) is 9.59 Å². The molecule has 0 heterocycles. The Bertz CT molecular complexity index is 730. The van der Waals surface area contributed by atoms with Gasteiger partial charge in [-0.1, -0.05) is 44.2 Å². The van der Waals surface area contributed by atoms with Gasteiger partial charge >= 0.3 is 0 Å². The molecule has 5 nitrogen and oxygen atoms in total. The quantitative estimate of drug-likeness (QED) is 0.647. The molecule has 0 atom stereocenters. The van der Waals surface area contributed by atoms with E-state index in [1.807, 2.05) is 62.4 Å². The zero-order valence-electron chi connectivity index (χ0n) is 15.1. The minimum absolute atomic E-state index is 0. The Labute approximate surface area is 160 Å². The Morgan fingerprint density at radius 3 is 2.31 bits per heavy atom. The molecule has 0 aliphatic carbocycles. The smallest absolute Gasteiger partial charge is 0.226 e. The highest BCUT2D eigenvalue weighted by Gasteiger charge is 2.07. The van der Waals surface area contributed by atoms with Crippen molar-refractivity contribution in [3.05, 3.63) is 59.7 Å². The van der Waals surface area contributed by atoms with E-state index in [4.69, 9.17) is 5.73 Å². The molecule has 2 aromatic rings. The van der Waals surface area contributed by atoms with Gasteiger partial charge in [0.1, 0.15) is 0 Å². The highest BCUT2D eigenvalue weighted by molar-refractivity contribution is 5.92. The SMILES string of the molecule is CC(C)C(=O)Nc1ccc(CNC(=O)CCc2ccccc2N)cc1.Cl. The molecule has 140 valence electrons. The maximum atomic E-state index is 12.0. The van der Waals surface area contributed by atoms with Crippen LogP contribution in [0.3, 0.4) is 0 Å². The summed E-state index contributed by atoms with van der Waals surface area (Å²) in [4.78, 5) is 23.6. The molecule has 4 N–H and O–H groups in total. The molecular formula is C20H26ClN3O2. The number of halogens is 1. The number of hydrogen-bond acceptors (Lipinski definition) is 3. The van der Waals surface area contributed by atoms with Crippen molar-refractivity contribution in [3.63, 3.8) is 0 Å². The van der Waals surface area contributed by atoms with Crippen LogP contribution in [0.1, 0.15) is 31.4 Å². The predicted molar refractivity (Wildman–Crippen MR) is 108 cm³/mol. The number of amides is 2. The Kier molecular flexibility index (Phi) is 8.65. The molecule has 0 bridgehead atoms. The number of nitrogen functional groups attached to an aromatic ring is 1. The van der Waals surface area contributed by atoms with Crippen molar-refractivity contribution in [3.8, 4) is 0 Å². The predicted octanol–water partition coefficient (Wildman–Crippen LogP) is 3.53. The van der Waals surface area contributed by atoms with Crippen LogP contribution in [0.25, 0.3) is 0 Å². The van der Waals surface area contributed by atoms with Gasteiger partial charge in [-0.15, -0.1) is 12.4 Å². The third kappa shape index (κ3) is 6.76. The fourth-order valence-electron chi connectivity index (χ4n) is 2.29. The standard InChI is InChI=1S/C20H25N3O2.ClH/c1-14(2)20(25)23-17-10-7-15(8-11-17)13-22-19(24)12-9-16-5-3-4-6-18(16)21;/h3-8,10-11,14H,9,12-13,21H2,1-2H3,(H,22,24)(H,23,25);1H. The Hall–Kier alpha value is -2.53. The summed E-state index contributed by atoms with van der Waals surface area (Å²) in [6.07, 6.45) is 1.02. The molecule has 0 spiro atoms. The van der Waals surface area contributed by atoms with E-state index < -0.39 is 0 Å². The lowest BCUT2D eigenvalue weighted by Crippen LogP contribution is -2.23. The normalized spacial score (nSPS) is 10.1. The molecule has 0 saturated heterocycles.